The largest absolute Gasteiger partial charge is 0.480 e. The smallest absolute Gasteiger partial charge is 0.320 e. The molecular weight excluding hydrogens is 302 g/mol. The number of imidazole rings is 1. The number of aromatic nitrogens is 4. The van der Waals surface area contributed by atoms with Crippen molar-refractivity contribution in [3.63, 3.8) is 0 Å². The first-order valence-corrected chi connectivity index (χ1v) is 5.58. The molecule has 1 atom stereocenters. The number of fused-ring (bicyclic) bond motifs is 1. The molecule has 0 saturated carbocycles. The maximum absolute atomic E-state index is 10.1. The predicted octanol–water partition coefficient (Wildman–Crippen LogP) is -0.979. The van der Waals surface area contributed by atoms with E-state index in [2.05, 4.69) is 19.9 Å². The van der Waals surface area contributed by atoms with Crippen LogP contribution in [0.2, 0.25) is 0 Å². The summed E-state index contributed by atoms with van der Waals surface area (Å²) in [5.41, 5.74) is 16.6. The number of anilines is 1. The van der Waals surface area contributed by atoms with Crippen LogP contribution in [0.25, 0.3) is 11.2 Å². The number of hydrogen-bond donors (Lipinski definition) is 5. The Morgan fingerprint density at radius 2 is 2.00 bits per heavy atom. The van der Waals surface area contributed by atoms with Gasteiger partial charge in [-0.05, 0) is 6.42 Å². The highest BCUT2D eigenvalue weighted by atomic mass is 35.5. The lowest BCUT2D eigenvalue weighted by atomic mass is 10.2. The zero-order valence-electron chi connectivity index (χ0n) is 10.9. The fourth-order valence-electron chi connectivity index (χ4n) is 1.20. The van der Waals surface area contributed by atoms with Crippen molar-refractivity contribution in [3.05, 3.63) is 12.7 Å². The molecule has 0 bridgehead atoms. The first kappa shape index (κ1) is 18.5. The normalized spacial score (nSPS) is 10.9. The number of halogens is 1. The monoisotopic (exact) mass is 317 g/mol. The lowest BCUT2D eigenvalue weighted by molar-refractivity contribution is -0.138. The third-order valence-corrected chi connectivity index (χ3v) is 2.27. The number of rotatable bonds is 4. The second-order valence-electron chi connectivity index (χ2n) is 3.81. The molecule has 116 valence electrons. The van der Waals surface area contributed by atoms with Gasteiger partial charge < -0.3 is 27.3 Å². The minimum absolute atomic E-state index is 0. The molecule has 0 saturated heterocycles. The van der Waals surface area contributed by atoms with Crippen LogP contribution in [0.15, 0.2) is 12.7 Å². The van der Waals surface area contributed by atoms with E-state index in [0.717, 1.165) is 0 Å². The van der Waals surface area contributed by atoms with Gasteiger partial charge in [-0.2, -0.15) is 0 Å². The Morgan fingerprint density at radius 3 is 2.52 bits per heavy atom. The molecule has 0 aliphatic carbocycles. The summed E-state index contributed by atoms with van der Waals surface area (Å²) in [4.78, 5) is 34.5. The highest BCUT2D eigenvalue weighted by Gasteiger charge is 2.11. The highest BCUT2D eigenvalue weighted by Crippen LogP contribution is 2.09. The molecule has 1 unspecified atom stereocenters. The molecule has 0 aliphatic rings. The number of aliphatic carboxylic acids is 1. The maximum Gasteiger partial charge on any atom is 0.320 e. The van der Waals surface area contributed by atoms with Crippen LogP contribution in [0.5, 0.6) is 0 Å². The molecule has 8 N–H and O–H groups in total. The summed E-state index contributed by atoms with van der Waals surface area (Å²) < 4.78 is 0. The van der Waals surface area contributed by atoms with Crippen molar-refractivity contribution in [2.24, 2.45) is 11.5 Å². The number of carbonyl (C=O) groups is 2. The van der Waals surface area contributed by atoms with Crippen LogP contribution in [-0.4, -0.2) is 43.0 Å². The number of carbonyl (C=O) groups excluding carboxylic acids is 1. The number of nitrogens with two attached hydrogens (primary N) is 3. The number of H-pyrrole nitrogens is 1. The van der Waals surface area contributed by atoms with Crippen LogP contribution in [0.3, 0.4) is 0 Å². The molecular formula is C10H16ClN7O3. The van der Waals surface area contributed by atoms with Gasteiger partial charge in [0.1, 0.15) is 17.9 Å². The number of nitrogen functional groups attached to an aromatic ring is 1. The fraction of sp³-hybridized carbons (Fsp3) is 0.300. The fourth-order valence-corrected chi connectivity index (χ4v) is 1.20. The van der Waals surface area contributed by atoms with Crippen LogP contribution in [0, 0.1) is 0 Å². The maximum atomic E-state index is 10.1. The molecule has 10 nitrogen and oxygen atoms in total. The number of nitrogens with zero attached hydrogens (tertiary/aromatic N) is 3. The van der Waals surface area contributed by atoms with Gasteiger partial charge >= 0.3 is 5.97 Å². The summed E-state index contributed by atoms with van der Waals surface area (Å²) in [6.45, 7) is 0. The summed E-state index contributed by atoms with van der Waals surface area (Å²) in [6, 6.07) is -0.979. The van der Waals surface area contributed by atoms with Gasteiger partial charge in [-0.15, -0.1) is 12.4 Å². The Balaban J connectivity index is 0.000000364. The summed E-state index contributed by atoms with van der Waals surface area (Å²) in [6.07, 6.45) is 3.05. The Labute approximate surface area is 125 Å². The van der Waals surface area contributed by atoms with E-state index in [1.54, 1.807) is 0 Å². The summed E-state index contributed by atoms with van der Waals surface area (Å²) >= 11 is 0. The van der Waals surface area contributed by atoms with Gasteiger partial charge in [0.15, 0.2) is 11.5 Å². The topological polar surface area (TPSA) is 187 Å². The van der Waals surface area contributed by atoms with E-state index < -0.39 is 17.9 Å². The Morgan fingerprint density at radius 1 is 1.33 bits per heavy atom. The number of hydrogen-bond acceptors (Lipinski definition) is 7. The van der Waals surface area contributed by atoms with Crippen LogP contribution >= 0.6 is 12.4 Å². The zero-order valence-corrected chi connectivity index (χ0v) is 11.7. The number of carboxylic acids is 1. The van der Waals surface area contributed by atoms with Crippen molar-refractivity contribution in [1.29, 1.82) is 0 Å². The molecule has 2 rings (SSSR count). The standard InChI is InChI=1S/C5H5N5.C5H10N2O3.ClH/c6-4-3-5(9-1-7-3)10-2-8-4;6-3(5(9)10)1-2-4(7)8;/h1-2H,(H3,6,7,8,9,10);3H,1-2,6H2,(H2,7,8)(H,9,10);1H. The summed E-state index contributed by atoms with van der Waals surface area (Å²) in [7, 11) is 0. The van der Waals surface area contributed by atoms with E-state index in [-0.39, 0.29) is 25.2 Å². The van der Waals surface area contributed by atoms with Crippen molar-refractivity contribution in [2.75, 3.05) is 5.73 Å². The first-order chi connectivity index (χ1) is 9.41. The quantitative estimate of drug-likeness (QED) is 0.475. The summed E-state index contributed by atoms with van der Waals surface area (Å²) in [5.74, 6) is -1.21. The predicted molar refractivity (Wildman–Crippen MR) is 77.4 cm³/mol. The molecule has 0 radical (unpaired) electrons. The Hall–Kier alpha value is -2.46. The lowest BCUT2D eigenvalue weighted by Crippen LogP contribution is -2.31. The Bertz CT molecular complexity index is 603. The van der Waals surface area contributed by atoms with Gasteiger partial charge in [-0.1, -0.05) is 0 Å². The number of primary amides is 1. The van der Waals surface area contributed by atoms with E-state index in [1.807, 2.05) is 0 Å². The molecule has 2 aromatic rings. The van der Waals surface area contributed by atoms with Crippen LogP contribution < -0.4 is 17.2 Å². The van der Waals surface area contributed by atoms with E-state index in [9.17, 15) is 9.59 Å². The Kier molecular flexibility index (Phi) is 7.65. The number of aromatic amines is 1. The van der Waals surface area contributed by atoms with Gasteiger partial charge in [0.2, 0.25) is 5.91 Å². The van der Waals surface area contributed by atoms with Crippen molar-refractivity contribution in [2.45, 2.75) is 18.9 Å². The second-order valence-corrected chi connectivity index (χ2v) is 3.81. The molecule has 2 aromatic heterocycles. The third kappa shape index (κ3) is 6.01. The van der Waals surface area contributed by atoms with E-state index in [4.69, 9.17) is 22.3 Å². The molecule has 2 heterocycles. The SMILES string of the molecule is Cl.NC(=O)CCC(N)C(=O)O.Nc1ncnc2nc[nH]c12. The lowest BCUT2D eigenvalue weighted by Gasteiger charge is -2.01. The number of amides is 1. The van der Waals surface area contributed by atoms with Gasteiger partial charge in [-0.3, -0.25) is 9.59 Å². The molecule has 0 spiro atoms. The molecule has 11 heteroatoms. The summed E-state index contributed by atoms with van der Waals surface area (Å²) in [5, 5.41) is 8.22. The highest BCUT2D eigenvalue weighted by molar-refractivity contribution is 5.85. The second kappa shape index (κ2) is 8.66. The number of nitrogens with one attached hydrogen (secondary N) is 1. The van der Waals surface area contributed by atoms with E-state index in [0.29, 0.717) is 17.0 Å². The average Bonchev–Trinajstić information content (AvgIpc) is 2.86. The van der Waals surface area contributed by atoms with Gasteiger partial charge in [-0.25, -0.2) is 15.0 Å². The molecule has 0 fully saturated rings. The van der Waals surface area contributed by atoms with Crippen LogP contribution in [0.4, 0.5) is 5.82 Å². The molecule has 1 amide bonds. The van der Waals surface area contributed by atoms with Gasteiger partial charge in [0, 0.05) is 6.42 Å². The van der Waals surface area contributed by atoms with E-state index >= 15 is 0 Å². The van der Waals surface area contributed by atoms with Crippen molar-refractivity contribution in [1.82, 2.24) is 19.9 Å². The van der Waals surface area contributed by atoms with Gasteiger partial charge in [0.05, 0.1) is 6.33 Å². The van der Waals surface area contributed by atoms with Crippen molar-refractivity contribution < 1.29 is 14.7 Å². The minimum atomic E-state index is -1.11. The minimum Gasteiger partial charge on any atom is -0.480 e. The van der Waals surface area contributed by atoms with Crippen LogP contribution in [0.1, 0.15) is 12.8 Å². The average molecular weight is 318 g/mol. The van der Waals surface area contributed by atoms with Crippen LogP contribution in [-0.2, 0) is 9.59 Å². The number of carboxylic acid groups (broad SMARTS) is 1. The van der Waals surface area contributed by atoms with Gasteiger partial charge in [0.25, 0.3) is 0 Å². The van der Waals surface area contributed by atoms with E-state index in [1.165, 1.54) is 12.7 Å². The van der Waals surface area contributed by atoms with Crippen molar-refractivity contribution in [3.8, 4) is 0 Å². The molecule has 0 aliphatic heterocycles. The van der Waals surface area contributed by atoms with Crippen molar-refractivity contribution >= 4 is 41.3 Å². The molecule has 21 heavy (non-hydrogen) atoms. The third-order valence-electron chi connectivity index (χ3n) is 2.27. The first-order valence-electron chi connectivity index (χ1n) is 5.58. The zero-order chi connectivity index (χ0) is 15.1. The molecule has 0 aromatic carbocycles.